The van der Waals surface area contributed by atoms with Crippen LogP contribution in [0, 0.1) is 85.2 Å². The van der Waals surface area contributed by atoms with Crippen LogP contribution in [0.1, 0.15) is 158 Å². The molecule has 1 saturated heterocycles. The number of esters is 1. The summed E-state index contributed by atoms with van der Waals surface area (Å²) in [6, 6.07) is 0. The van der Waals surface area contributed by atoms with Crippen LogP contribution in [0.4, 0.5) is 0 Å². The van der Waals surface area contributed by atoms with Gasteiger partial charge in [0.2, 0.25) is 5.91 Å². The summed E-state index contributed by atoms with van der Waals surface area (Å²) in [4.78, 5) is 43.0. The first-order valence-electron chi connectivity index (χ1n) is 23.6. The minimum Gasteiger partial charge on any atom is -0.481 e. The van der Waals surface area contributed by atoms with Gasteiger partial charge in [0, 0.05) is 32.2 Å². The van der Waals surface area contributed by atoms with Crippen LogP contribution in [0.25, 0.3) is 0 Å². The van der Waals surface area contributed by atoms with Gasteiger partial charge in [0.15, 0.2) is 0 Å². The first-order chi connectivity index (χ1) is 26.8. The van der Waals surface area contributed by atoms with E-state index >= 15 is 4.79 Å². The molecule has 8 aliphatic rings. The maximum absolute atomic E-state index is 15.2. The van der Waals surface area contributed by atoms with Crippen LogP contribution in [-0.2, 0) is 28.6 Å². The van der Waals surface area contributed by atoms with Gasteiger partial charge in [-0.25, -0.2) is 0 Å². The molecule has 0 aromatic heterocycles. The van der Waals surface area contributed by atoms with E-state index < -0.39 is 17.3 Å². The summed E-state index contributed by atoms with van der Waals surface area (Å²) in [7, 11) is 1.72. The number of amides is 1. The van der Waals surface area contributed by atoms with Gasteiger partial charge in [0.1, 0.15) is 6.10 Å². The van der Waals surface area contributed by atoms with Crippen LogP contribution in [0.5, 0.6) is 0 Å². The Balaban J connectivity index is 0.992. The minimum atomic E-state index is -0.806. The van der Waals surface area contributed by atoms with E-state index in [4.69, 9.17) is 14.2 Å². The fraction of sp³-hybridized carbons (Fsp3) is 0.939. The number of fused-ring (bicyclic) bond motifs is 7. The number of nitrogens with zero attached hydrogens (tertiary/aromatic N) is 1. The average molecular weight is 794 g/mol. The summed E-state index contributed by atoms with van der Waals surface area (Å²) >= 11 is 0. The SMILES string of the molecule is COCCOCCC1CCN(C(=O)[C@]23CC[C@@H](C4(C)CC4)[C@@H]2[C@H]2CC[C@@H]4[C@@]5(C)CC[C@H](OC(=O)[C@H]6C[C@@H](C(=O)O)C6(C)C)C(C)(C)[C@@H]5CC[C@@]4(C)[C@]2(C)CC3)CC1. The van der Waals surface area contributed by atoms with Crippen molar-refractivity contribution in [2.24, 2.45) is 85.2 Å². The van der Waals surface area contributed by atoms with Crippen molar-refractivity contribution in [2.75, 3.05) is 40.0 Å². The number of carboxylic acid groups (broad SMARTS) is 1. The zero-order valence-electron chi connectivity index (χ0n) is 37.4. The van der Waals surface area contributed by atoms with Crippen LogP contribution >= 0.6 is 0 Å². The summed E-state index contributed by atoms with van der Waals surface area (Å²) in [6.07, 6.45) is 17.6. The first kappa shape index (κ1) is 42.0. The van der Waals surface area contributed by atoms with Gasteiger partial charge in [-0.15, -0.1) is 0 Å². The van der Waals surface area contributed by atoms with E-state index in [1.54, 1.807) is 7.11 Å². The molecule has 1 aliphatic heterocycles. The normalized spacial score (nSPS) is 45.4. The number of carbonyl (C=O) groups excluding carboxylic acids is 2. The number of rotatable bonds is 11. The number of carboxylic acids is 1. The predicted octanol–water partition coefficient (Wildman–Crippen LogP) is 9.82. The maximum Gasteiger partial charge on any atom is 0.309 e. The molecule has 57 heavy (non-hydrogen) atoms. The molecule has 0 unspecified atom stereocenters. The monoisotopic (exact) mass is 794 g/mol. The van der Waals surface area contributed by atoms with Crippen LogP contribution < -0.4 is 0 Å². The van der Waals surface area contributed by atoms with Gasteiger partial charge in [-0.05, 0) is 165 Å². The predicted molar refractivity (Wildman–Crippen MR) is 221 cm³/mol. The Labute approximate surface area is 345 Å². The second-order valence-corrected chi connectivity index (χ2v) is 23.6. The molecule has 0 aromatic carbocycles. The number of piperidine rings is 1. The lowest BCUT2D eigenvalue weighted by Crippen LogP contribution is -2.68. The van der Waals surface area contributed by atoms with E-state index in [1.807, 2.05) is 13.8 Å². The maximum atomic E-state index is 15.2. The van der Waals surface area contributed by atoms with Gasteiger partial charge in [-0.1, -0.05) is 55.4 Å². The van der Waals surface area contributed by atoms with E-state index in [1.165, 1.54) is 44.9 Å². The first-order valence-corrected chi connectivity index (χ1v) is 23.6. The van der Waals surface area contributed by atoms with Gasteiger partial charge in [0.05, 0.1) is 30.5 Å². The third-order valence-electron chi connectivity index (χ3n) is 20.8. The molecular formula is C49H79NO7. The van der Waals surface area contributed by atoms with Crippen molar-refractivity contribution >= 4 is 17.8 Å². The highest BCUT2D eigenvalue weighted by molar-refractivity contribution is 5.84. The molecule has 0 bridgehead atoms. The van der Waals surface area contributed by atoms with E-state index in [9.17, 15) is 14.7 Å². The van der Waals surface area contributed by atoms with Crippen LogP contribution in [0.15, 0.2) is 0 Å². The van der Waals surface area contributed by atoms with Crippen molar-refractivity contribution in [3.8, 4) is 0 Å². The fourth-order valence-electron chi connectivity index (χ4n) is 16.7. The zero-order chi connectivity index (χ0) is 41.0. The second kappa shape index (κ2) is 14.5. The smallest absolute Gasteiger partial charge is 0.309 e. The lowest BCUT2D eigenvalue weighted by atomic mass is 9.32. The Hall–Kier alpha value is -1.67. The molecule has 7 saturated carbocycles. The number of methoxy groups -OCH3 is 1. The lowest BCUT2D eigenvalue weighted by molar-refractivity contribution is -0.253. The van der Waals surface area contributed by atoms with Gasteiger partial charge < -0.3 is 24.2 Å². The van der Waals surface area contributed by atoms with Crippen LogP contribution in [0.3, 0.4) is 0 Å². The molecular weight excluding hydrogens is 715 g/mol. The van der Waals surface area contributed by atoms with Crippen molar-refractivity contribution in [2.45, 2.75) is 164 Å². The van der Waals surface area contributed by atoms with Gasteiger partial charge >= 0.3 is 11.9 Å². The molecule has 8 nitrogen and oxygen atoms in total. The highest BCUT2D eigenvalue weighted by Gasteiger charge is 2.74. The Morgan fingerprint density at radius 2 is 1.39 bits per heavy atom. The summed E-state index contributed by atoms with van der Waals surface area (Å²) < 4.78 is 17.4. The Bertz CT molecular complexity index is 1560. The Kier molecular flexibility index (Phi) is 10.7. The largest absolute Gasteiger partial charge is 0.481 e. The van der Waals surface area contributed by atoms with Gasteiger partial charge in [-0.2, -0.15) is 0 Å². The highest BCUT2D eigenvalue weighted by Crippen LogP contribution is 2.79. The number of hydrogen-bond donors (Lipinski definition) is 1. The van der Waals surface area contributed by atoms with Crippen molar-refractivity contribution in [3.63, 3.8) is 0 Å². The van der Waals surface area contributed by atoms with Crippen LogP contribution in [-0.4, -0.2) is 74.0 Å². The lowest BCUT2D eigenvalue weighted by Gasteiger charge is -2.73. The Morgan fingerprint density at radius 3 is 2.04 bits per heavy atom. The highest BCUT2D eigenvalue weighted by atomic mass is 16.5. The molecule has 8 heteroatoms. The molecule has 12 atom stereocenters. The zero-order valence-corrected chi connectivity index (χ0v) is 37.4. The van der Waals surface area contributed by atoms with E-state index in [0.717, 1.165) is 71.1 Å². The quantitative estimate of drug-likeness (QED) is 0.164. The molecule has 8 fully saturated rings. The van der Waals surface area contributed by atoms with E-state index in [0.29, 0.717) is 66.5 Å². The van der Waals surface area contributed by atoms with E-state index in [-0.39, 0.29) is 45.1 Å². The molecule has 0 aromatic rings. The summed E-state index contributed by atoms with van der Waals surface area (Å²) in [5.74, 6) is 2.16. The summed E-state index contributed by atoms with van der Waals surface area (Å²) in [5, 5.41) is 9.70. The molecule has 7 aliphatic carbocycles. The average Bonchev–Trinajstić information content (AvgIpc) is 3.77. The molecule has 322 valence electrons. The summed E-state index contributed by atoms with van der Waals surface area (Å²) in [6.45, 7) is 23.1. The van der Waals surface area contributed by atoms with Crippen LogP contribution in [0.2, 0.25) is 0 Å². The third-order valence-corrected chi connectivity index (χ3v) is 20.8. The van der Waals surface area contributed by atoms with Crippen molar-refractivity contribution in [1.29, 1.82) is 0 Å². The molecule has 0 spiro atoms. The molecule has 1 N–H and O–H groups in total. The second-order valence-electron chi connectivity index (χ2n) is 23.6. The molecule has 1 amide bonds. The number of ether oxygens (including phenoxy) is 3. The number of hydrogen-bond acceptors (Lipinski definition) is 6. The van der Waals surface area contributed by atoms with Crippen molar-refractivity contribution in [1.82, 2.24) is 4.90 Å². The van der Waals surface area contributed by atoms with Gasteiger partial charge in [-0.3, -0.25) is 14.4 Å². The fourth-order valence-corrected chi connectivity index (χ4v) is 16.7. The number of carbonyl (C=O) groups is 3. The number of aliphatic carboxylic acids is 1. The minimum absolute atomic E-state index is 0.141. The molecule has 8 rings (SSSR count). The topological polar surface area (TPSA) is 102 Å². The van der Waals surface area contributed by atoms with Crippen molar-refractivity contribution in [3.05, 3.63) is 0 Å². The number of likely N-dealkylation sites (tertiary alicyclic amines) is 1. The summed E-state index contributed by atoms with van der Waals surface area (Å²) in [5.41, 5.74) is 0.0573. The standard InChI is InChI=1S/C49H79NO7/c1-43(2)34(40(51)52)30-35(43)41(53)57-38-14-18-46(6)36(44(38,3)4)13-19-48(8)37(46)11-10-33-39-32(45(5)21-22-45)12-20-49(39,24-23-47(33,48)7)42(54)50-25-15-31(16-26-50)17-27-56-29-28-55-9/h31-39H,10-30H2,1-9H3,(H,51,52)/t32-,33-,34+,35-,36+,37-,38+,39-,46+,47-,48-,49+/m1/s1. The molecule has 0 radical (unpaired) electrons. The van der Waals surface area contributed by atoms with Crippen molar-refractivity contribution < 1.29 is 33.7 Å². The van der Waals surface area contributed by atoms with E-state index in [2.05, 4.69) is 46.4 Å². The third kappa shape index (κ3) is 6.33. The Morgan fingerprint density at radius 1 is 0.667 bits per heavy atom. The molecule has 1 heterocycles. The van der Waals surface area contributed by atoms with Gasteiger partial charge in [0.25, 0.3) is 0 Å².